The third-order valence-corrected chi connectivity index (χ3v) is 16.5. The maximum atomic E-state index is 13.7. The van der Waals surface area contributed by atoms with Crippen molar-refractivity contribution < 1.29 is 28.7 Å². The monoisotopic (exact) mass is 876 g/mol. The molecule has 6 rings (SSSR count). The summed E-state index contributed by atoms with van der Waals surface area (Å²) in [5.41, 5.74) is 3.55. The zero-order valence-electron chi connectivity index (χ0n) is 41.1. The molecule has 1 amide bonds. The van der Waals surface area contributed by atoms with Gasteiger partial charge in [-0.25, -0.2) is 0 Å². The Kier molecular flexibility index (Phi) is 15.0. The van der Waals surface area contributed by atoms with Crippen LogP contribution in [0, 0.1) is 56.7 Å². The van der Waals surface area contributed by atoms with Crippen LogP contribution in [0.3, 0.4) is 0 Å². The van der Waals surface area contributed by atoms with Crippen molar-refractivity contribution in [2.24, 2.45) is 56.7 Å². The second-order valence-electron chi connectivity index (χ2n) is 23.6. The Bertz CT molecular complexity index is 1880. The van der Waals surface area contributed by atoms with E-state index < -0.39 is 11.0 Å². The Labute approximate surface area is 380 Å². The van der Waals surface area contributed by atoms with Crippen molar-refractivity contribution in [1.82, 2.24) is 5.32 Å². The topological polar surface area (TPSA) is 98.8 Å². The van der Waals surface area contributed by atoms with Gasteiger partial charge in [0.1, 0.15) is 5.60 Å². The van der Waals surface area contributed by atoms with E-state index >= 15 is 0 Å². The summed E-state index contributed by atoms with van der Waals surface area (Å²) in [5, 5.41) is 3.64. The van der Waals surface area contributed by atoms with E-state index in [9.17, 15) is 19.2 Å². The van der Waals surface area contributed by atoms with E-state index in [4.69, 9.17) is 21.1 Å². The van der Waals surface area contributed by atoms with E-state index in [0.29, 0.717) is 42.5 Å². The van der Waals surface area contributed by atoms with E-state index in [0.717, 1.165) is 54.7 Å². The minimum absolute atomic E-state index is 0.00358. The molecular formula is C54H82ClNO6. The van der Waals surface area contributed by atoms with Crippen molar-refractivity contribution >= 4 is 35.7 Å². The highest BCUT2D eigenvalue weighted by Crippen LogP contribution is 2.71. The third-order valence-electron chi connectivity index (χ3n) is 16.3. The maximum absolute atomic E-state index is 13.7. The number of hydrogen-bond acceptors (Lipinski definition) is 6. The summed E-state index contributed by atoms with van der Waals surface area (Å²) in [6.07, 6.45) is 16.4. The Balaban J connectivity index is 0.000000435. The molecule has 5 aliphatic carbocycles. The Hall–Kier alpha value is -2.93. The molecule has 5 aliphatic rings. The average molecular weight is 877 g/mol. The van der Waals surface area contributed by atoms with Crippen LogP contribution in [0.5, 0.6) is 0 Å². The maximum Gasteiger partial charge on any atom is 0.312 e. The number of esters is 2. The average Bonchev–Trinajstić information content (AvgIpc) is 3.43. The molecule has 4 saturated carbocycles. The smallest absolute Gasteiger partial charge is 0.312 e. The van der Waals surface area contributed by atoms with Crippen molar-refractivity contribution in [1.29, 1.82) is 0 Å². The molecule has 1 N–H and O–H groups in total. The molecule has 1 aromatic carbocycles. The highest BCUT2D eigenvalue weighted by molar-refractivity contribution is 6.30. The number of allylic oxidation sites excluding steroid dienone is 4. The van der Waals surface area contributed by atoms with Crippen molar-refractivity contribution in [2.75, 3.05) is 6.61 Å². The number of ketones is 1. The van der Waals surface area contributed by atoms with Crippen LogP contribution in [-0.2, 0) is 34.2 Å². The zero-order chi connectivity index (χ0) is 46.3. The molecule has 346 valence electrons. The van der Waals surface area contributed by atoms with E-state index in [1.54, 1.807) is 13.8 Å². The first-order valence-corrected chi connectivity index (χ1v) is 24.4. The summed E-state index contributed by atoms with van der Waals surface area (Å²) < 4.78 is 11.6. The molecule has 7 atom stereocenters. The largest absolute Gasteiger partial charge is 0.465 e. The van der Waals surface area contributed by atoms with Gasteiger partial charge in [0.05, 0.1) is 24.0 Å². The third kappa shape index (κ3) is 9.98. The number of rotatable bonds is 13. The van der Waals surface area contributed by atoms with Crippen LogP contribution >= 0.6 is 11.6 Å². The lowest BCUT2D eigenvalue weighted by Crippen LogP contribution is -2.59. The molecule has 8 heteroatoms. The zero-order valence-corrected chi connectivity index (χ0v) is 41.8. The van der Waals surface area contributed by atoms with Crippen LogP contribution < -0.4 is 5.32 Å². The predicted molar refractivity (Wildman–Crippen MR) is 251 cm³/mol. The van der Waals surface area contributed by atoms with Gasteiger partial charge in [0, 0.05) is 22.3 Å². The fraction of sp³-hybridized carbons (Fsp3) is 0.741. The standard InChI is InChI=1S/C43H70O5.C11H12ClNO/c1-15-20-42(14)32(40(11,12)26-47-34(45)25-39(9,10)37(46)48-38(6,7)8)19-21-41(13)30-18-22-43(23-27(2)3)24-31(44)35(28(4)5)36(43)29(30)16-17-33(41)42;12-10-4-2-9(3-5-10)11(13-8-14)6-1-7-11/h23,28-30,32-33H,15-22,24-26H2,1-14H3;2-5,8H,1,6-7H2,(H,13,14). The lowest BCUT2D eigenvalue weighted by atomic mass is 9.38. The lowest BCUT2D eigenvalue weighted by Gasteiger charge is -2.66. The first-order valence-electron chi connectivity index (χ1n) is 24.0. The van der Waals surface area contributed by atoms with E-state index in [2.05, 4.69) is 73.7 Å². The van der Waals surface area contributed by atoms with Crippen molar-refractivity contribution in [3.8, 4) is 0 Å². The van der Waals surface area contributed by atoms with Gasteiger partial charge in [-0.05, 0) is 182 Å². The summed E-state index contributed by atoms with van der Waals surface area (Å²) in [6.45, 7) is 30.4. The van der Waals surface area contributed by atoms with Crippen LogP contribution in [0.4, 0.5) is 0 Å². The minimum atomic E-state index is -0.950. The molecule has 7 unspecified atom stereocenters. The van der Waals surface area contributed by atoms with Gasteiger partial charge in [-0.3, -0.25) is 19.2 Å². The fourth-order valence-corrected chi connectivity index (χ4v) is 13.9. The molecule has 0 saturated heterocycles. The van der Waals surface area contributed by atoms with Gasteiger partial charge in [0.2, 0.25) is 6.41 Å². The van der Waals surface area contributed by atoms with Gasteiger partial charge in [-0.15, -0.1) is 0 Å². The fourth-order valence-electron chi connectivity index (χ4n) is 13.8. The molecule has 0 bridgehead atoms. The van der Waals surface area contributed by atoms with Gasteiger partial charge in [0.25, 0.3) is 0 Å². The minimum Gasteiger partial charge on any atom is -0.465 e. The van der Waals surface area contributed by atoms with Gasteiger partial charge >= 0.3 is 11.9 Å². The summed E-state index contributed by atoms with van der Waals surface area (Å²) in [7, 11) is 0. The Morgan fingerprint density at radius 3 is 2.11 bits per heavy atom. The summed E-state index contributed by atoms with van der Waals surface area (Å²) in [6, 6.07) is 7.70. The van der Waals surface area contributed by atoms with Crippen LogP contribution in [0.15, 0.2) is 47.1 Å². The predicted octanol–water partition coefficient (Wildman–Crippen LogP) is 13.3. The normalized spacial score (nSPS) is 30.4. The number of carbonyl (C=O) groups is 4. The molecule has 62 heavy (non-hydrogen) atoms. The molecule has 0 radical (unpaired) electrons. The van der Waals surface area contributed by atoms with Gasteiger partial charge in [-0.2, -0.15) is 0 Å². The van der Waals surface area contributed by atoms with E-state index in [1.165, 1.54) is 49.7 Å². The number of ether oxygens (including phenoxy) is 2. The quantitative estimate of drug-likeness (QED) is 0.120. The van der Waals surface area contributed by atoms with Crippen LogP contribution in [0.2, 0.25) is 5.02 Å². The van der Waals surface area contributed by atoms with Crippen molar-refractivity contribution in [2.45, 2.75) is 192 Å². The number of benzene rings is 1. The molecule has 0 aliphatic heterocycles. The van der Waals surface area contributed by atoms with Crippen LogP contribution in [0.1, 0.15) is 186 Å². The number of Topliss-reactive ketones (excluding diaryl/α,β-unsaturated/α-hetero) is 1. The Morgan fingerprint density at radius 1 is 0.935 bits per heavy atom. The molecule has 4 fully saturated rings. The number of amides is 1. The second-order valence-corrected chi connectivity index (χ2v) is 24.0. The molecule has 0 heterocycles. The van der Waals surface area contributed by atoms with Crippen molar-refractivity contribution in [3.63, 3.8) is 0 Å². The highest BCUT2D eigenvalue weighted by Gasteiger charge is 2.64. The molecule has 1 aromatic rings. The van der Waals surface area contributed by atoms with Gasteiger partial charge in [-0.1, -0.05) is 90.3 Å². The van der Waals surface area contributed by atoms with Crippen LogP contribution in [-0.4, -0.2) is 36.3 Å². The summed E-state index contributed by atoms with van der Waals surface area (Å²) in [5.74, 6) is 2.05. The first kappa shape index (κ1) is 50.1. The first-order chi connectivity index (χ1) is 28.7. The van der Waals surface area contributed by atoms with E-state index in [-0.39, 0.29) is 51.5 Å². The number of carbonyl (C=O) groups excluding carboxylic acids is 4. The SMILES string of the molecule is CCCC1(C)C(C(C)(C)COC(=O)CC(C)(C)C(=O)OC(C)(C)C)CCC2(C)C3CCC4(C=C(C)C)CC(=O)C(C(C)C)=C4C3CCC21.O=CNC1(c2ccc(Cl)cc2)CCC1. The van der Waals surface area contributed by atoms with E-state index in [1.807, 2.05) is 45.0 Å². The Morgan fingerprint density at radius 2 is 1.58 bits per heavy atom. The van der Waals surface area contributed by atoms with Crippen LogP contribution in [0.25, 0.3) is 0 Å². The summed E-state index contributed by atoms with van der Waals surface area (Å²) in [4.78, 5) is 50.2. The summed E-state index contributed by atoms with van der Waals surface area (Å²) >= 11 is 5.81. The number of fused-ring (bicyclic) bond motifs is 5. The number of halogens is 1. The van der Waals surface area contributed by atoms with Crippen molar-refractivity contribution in [3.05, 3.63) is 57.6 Å². The highest BCUT2D eigenvalue weighted by atomic mass is 35.5. The second kappa shape index (κ2) is 18.5. The number of hydrogen-bond donors (Lipinski definition) is 1. The molecule has 7 nitrogen and oxygen atoms in total. The molecule has 0 spiro atoms. The van der Waals surface area contributed by atoms with Gasteiger partial charge in [0.15, 0.2) is 5.78 Å². The van der Waals surface area contributed by atoms with Gasteiger partial charge < -0.3 is 14.8 Å². The molecular weight excluding hydrogens is 794 g/mol. The number of nitrogens with one attached hydrogen (secondary N) is 1. The molecule has 0 aromatic heterocycles. The lowest BCUT2D eigenvalue weighted by molar-refractivity contribution is -0.179.